The molecule has 3 aromatic carbocycles. The first kappa shape index (κ1) is 26.3. The van der Waals surface area contributed by atoms with Gasteiger partial charge in [0.15, 0.2) is 0 Å². The summed E-state index contributed by atoms with van der Waals surface area (Å²) in [4.78, 5) is 32.8. The zero-order valence-electron chi connectivity index (χ0n) is 19.3. The van der Waals surface area contributed by atoms with Crippen LogP contribution in [0.3, 0.4) is 0 Å². The average Bonchev–Trinajstić information content (AvgIpc) is 2.88. The van der Waals surface area contributed by atoms with E-state index in [-0.39, 0.29) is 5.75 Å². The molecule has 0 fully saturated rings. The van der Waals surface area contributed by atoms with Crippen LogP contribution in [0.1, 0.15) is 70.1 Å². The fourth-order valence-electron chi connectivity index (χ4n) is 2.92. The van der Waals surface area contributed by atoms with Gasteiger partial charge in [0.1, 0.15) is 29.8 Å². The standard InChI is InChI=1S/C21H24O4.C7H6O2/c1-2-3-4-5-6-15-24-19-13-9-18(10-14-19)21(23)25-20-11-7-17(16-22)8-12-20;8-5-6-1-3-7(9)4-2-6/h7-14,16H,2-6,15H2,1H3;1-5,9H. The highest BCUT2D eigenvalue weighted by Gasteiger charge is 2.09. The lowest BCUT2D eigenvalue weighted by molar-refractivity contribution is 0.0734. The summed E-state index contributed by atoms with van der Waals surface area (Å²) in [6, 6.07) is 19.4. The Morgan fingerprint density at radius 3 is 1.82 bits per heavy atom. The second kappa shape index (κ2) is 15.0. The molecule has 0 spiro atoms. The minimum absolute atomic E-state index is 0.181. The number of phenols is 1. The van der Waals surface area contributed by atoms with Gasteiger partial charge in [0.25, 0.3) is 0 Å². The van der Waals surface area contributed by atoms with E-state index in [1.165, 1.54) is 37.8 Å². The smallest absolute Gasteiger partial charge is 0.343 e. The Hall–Kier alpha value is -3.93. The predicted molar refractivity (Wildman–Crippen MR) is 131 cm³/mol. The van der Waals surface area contributed by atoms with E-state index >= 15 is 0 Å². The maximum absolute atomic E-state index is 12.1. The van der Waals surface area contributed by atoms with Gasteiger partial charge < -0.3 is 14.6 Å². The van der Waals surface area contributed by atoms with E-state index < -0.39 is 5.97 Å². The molecule has 1 N–H and O–H groups in total. The molecule has 6 heteroatoms. The first-order valence-electron chi connectivity index (χ1n) is 11.3. The maximum Gasteiger partial charge on any atom is 0.343 e. The number of carbonyl (C=O) groups is 3. The Labute approximate surface area is 200 Å². The largest absolute Gasteiger partial charge is 0.508 e. The topological polar surface area (TPSA) is 89.9 Å². The molecule has 0 aliphatic heterocycles. The molecule has 0 atom stereocenters. The first-order chi connectivity index (χ1) is 16.5. The van der Waals surface area contributed by atoms with Crippen molar-refractivity contribution < 1.29 is 29.0 Å². The van der Waals surface area contributed by atoms with E-state index in [0.717, 1.165) is 24.7 Å². The number of aldehydes is 2. The molecule has 0 heterocycles. The van der Waals surface area contributed by atoms with Crippen molar-refractivity contribution >= 4 is 18.5 Å². The van der Waals surface area contributed by atoms with E-state index in [9.17, 15) is 14.4 Å². The zero-order chi connectivity index (χ0) is 24.6. The normalized spacial score (nSPS) is 9.91. The number of aromatic hydroxyl groups is 1. The second-order valence-electron chi connectivity index (χ2n) is 7.57. The van der Waals surface area contributed by atoms with Gasteiger partial charge in [0.2, 0.25) is 0 Å². The lowest BCUT2D eigenvalue weighted by atomic mass is 10.2. The van der Waals surface area contributed by atoms with Gasteiger partial charge in [-0.1, -0.05) is 32.6 Å². The molecule has 0 radical (unpaired) electrons. The summed E-state index contributed by atoms with van der Waals surface area (Å²) >= 11 is 0. The van der Waals surface area contributed by atoms with Crippen LogP contribution in [0.15, 0.2) is 72.8 Å². The van der Waals surface area contributed by atoms with Gasteiger partial charge >= 0.3 is 5.97 Å². The van der Waals surface area contributed by atoms with Crippen molar-refractivity contribution in [2.45, 2.75) is 39.0 Å². The number of carbonyl (C=O) groups excluding carboxylic acids is 3. The van der Waals surface area contributed by atoms with Crippen LogP contribution >= 0.6 is 0 Å². The summed E-state index contributed by atoms with van der Waals surface area (Å²) < 4.78 is 11.0. The molecule has 3 aromatic rings. The summed E-state index contributed by atoms with van der Waals surface area (Å²) in [5.74, 6) is 0.899. The van der Waals surface area contributed by atoms with E-state index in [4.69, 9.17) is 14.6 Å². The van der Waals surface area contributed by atoms with Gasteiger partial charge in [-0.05, 0) is 79.2 Å². The number of benzene rings is 3. The fraction of sp³-hybridized carbons (Fsp3) is 0.250. The van der Waals surface area contributed by atoms with Gasteiger partial charge in [-0.25, -0.2) is 4.79 Å². The number of phenolic OH excluding ortho intramolecular Hbond substituents is 1. The predicted octanol–water partition coefficient (Wildman–Crippen LogP) is 6.27. The maximum atomic E-state index is 12.1. The van der Waals surface area contributed by atoms with Crippen LogP contribution in [0.5, 0.6) is 17.2 Å². The minimum atomic E-state index is -0.440. The second-order valence-corrected chi connectivity index (χ2v) is 7.57. The molecule has 178 valence electrons. The SMILES string of the molecule is CCCCCCCOc1ccc(C(=O)Oc2ccc(C=O)cc2)cc1.O=Cc1ccc(O)cc1. The Kier molecular flexibility index (Phi) is 11.6. The molecule has 3 rings (SSSR count). The molecule has 0 saturated carbocycles. The van der Waals surface area contributed by atoms with Gasteiger partial charge in [0.05, 0.1) is 12.2 Å². The highest BCUT2D eigenvalue weighted by atomic mass is 16.5. The van der Waals surface area contributed by atoms with E-state index in [0.29, 0.717) is 29.0 Å². The van der Waals surface area contributed by atoms with Crippen LogP contribution in [0.2, 0.25) is 0 Å². The molecule has 0 saturated heterocycles. The highest BCUT2D eigenvalue weighted by Crippen LogP contribution is 2.17. The third-order valence-corrected chi connectivity index (χ3v) is 4.86. The summed E-state index contributed by atoms with van der Waals surface area (Å²) in [6.07, 6.45) is 7.46. The van der Waals surface area contributed by atoms with Crippen molar-refractivity contribution in [1.82, 2.24) is 0 Å². The summed E-state index contributed by atoms with van der Waals surface area (Å²) in [7, 11) is 0. The number of hydrogen-bond acceptors (Lipinski definition) is 6. The Morgan fingerprint density at radius 1 is 0.735 bits per heavy atom. The molecular formula is C28H30O6. The number of ether oxygens (including phenoxy) is 2. The molecule has 6 nitrogen and oxygen atoms in total. The van der Waals surface area contributed by atoms with E-state index in [2.05, 4.69) is 6.92 Å². The van der Waals surface area contributed by atoms with Crippen LogP contribution in [-0.2, 0) is 0 Å². The van der Waals surface area contributed by atoms with Crippen molar-refractivity contribution in [3.63, 3.8) is 0 Å². The molecule has 0 amide bonds. The van der Waals surface area contributed by atoms with Crippen molar-refractivity contribution in [3.05, 3.63) is 89.5 Å². The average molecular weight is 463 g/mol. The zero-order valence-corrected chi connectivity index (χ0v) is 19.3. The van der Waals surface area contributed by atoms with Gasteiger partial charge in [-0.3, -0.25) is 9.59 Å². The van der Waals surface area contributed by atoms with Crippen molar-refractivity contribution in [3.8, 4) is 17.2 Å². The molecule has 0 aliphatic rings. The number of hydrogen-bond donors (Lipinski definition) is 1. The lowest BCUT2D eigenvalue weighted by Crippen LogP contribution is -2.08. The van der Waals surface area contributed by atoms with Crippen LogP contribution in [0, 0.1) is 0 Å². The lowest BCUT2D eigenvalue weighted by Gasteiger charge is -2.08. The van der Waals surface area contributed by atoms with Crippen molar-refractivity contribution in [2.75, 3.05) is 6.61 Å². The van der Waals surface area contributed by atoms with Crippen LogP contribution in [0.25, 0.3) is 0 Å². The van der Waals surface area contributed by atoms with Gasteiger partial charge in [-0.2, -0.15) is 0 Å². The number of unbranched alkanes of at least 4 members (excludes halogenated alkanes) is 4. The Balaban J connectivity index is 0.000000379. The van der Waals surface area contributed by atoms with Crippen LogP contribution in [-0.4, -0.2) is 30.3 Å². The van der Waals surface area contributed by atoms with Gasteiger partial charge in [0, 0.05) is 11.1 Å². The quantitative estimate of drug-likeness (QED) is 0.156. The van der Waals surface area contributed by atoms with Crippen molar-refractivity contribution in [2.24, 2.45) is 0 Å². The molecule has 0 unspecified atom stereocenters. The van der Waals surface area contributed by atoms with E-state index in [1.54, 1.807) is 60.7 Å². The Morgan fingerprint density at radius 2 is 1.26 bits per heavy atom. The summed E-state index contributed by atoms with van der Waals surface area (Å²) in [5, 5.41) is 8.74. The molecular weight excluding hydrogens is 432 g/mol. The van der Waals surface area contributed by atoms with Crippen molar-refractivity contribution in [1.29, 1.82) is 0 Å². The number of rotatable bonds is 11. The fourth-order valence-corrected chi connectivity index (χ4v) is 2.92. The Bertz CT molecular complexity index is 1010. The monoisotopic (exact) mass is 462 g/mol. The highest BCUT2D eigenvalue weighted by molar-refractivity contribution is 5.91. The first-order valence-corrected chi connectivity index (χ1v) is 11.3. The molecule has 34 heavy (non-hydrogen) atoms. The number of esters is 1. The summed E-state index contributed by atoms with van der Waals surface area (Å²) in [5.41, 5.74) is 1.57. The molecule has 0 aromatic heterocycles. The molecule has 0 bridgehead atoms. The van der Waals surface area contributed by atoms with E-state index in [1.807, 2.05) is 0 Å². The van der Waals surface area contributed by atoms with Crippen LogP contribution < -0.4 is 9.47 Å². The third-order valence-electron chi connectivity index (χ3n) is 4.86. The molecule has 0 aliphatic carbocycles. The van der Waals surface area contributed by atoms with Gasteiger partial charge in [-0.15, -0.1) is 0 Å². The third kappa shape index (κ3) is 9.69. The minimum Gasteiger partial charge on any atom is -0.508 e. The van der Waals surface area contributed by atoms with Crippen LogP contribution in [0.4, 0.5) is 0 Å². The summed E-state index contributed by atoms with van der Waals surface area (Å²) in [6.45, 7) is 2.89.